The first-order chi connectivity index (χ1) is 10.3. The lowest BCUT2D eigenvalue weighted by atomic mass is 9.88. The van der Waals surface area contributed by atoms with Crippen LogP contribution in [0.15, 0.2) is 24.3 Å². The second-order valence-electron chi connectivity index (χ2n) is 6.35. The van der Waals surface area contributed by atoms with E-state index >= 15 is 0 Å². The van der Waals surface area contributed by atoms with Crippen molar-refractivity contribution < 1.29 is 4.74 Å². The summed E-state index contributed by atoms with van der Waals surface area (Å²) >= 11 is 0. The van der Waals surface area contributed by atoms with Gasteiger partial charge in [-0.15, -0.1) is 0 Å². The predicted octanol–water partition coefficient (Wildman–Crippen LogP) is 2.89. The summed E-state index contributed by atoms with van der Waals surface area (Å²) in [5, 5.41) is 0. The summed E-state index contributed by atoms with van der Waals surface area (Å²) in [6, 6.07) is 9.93. The lowest BCUT2D eigenvalue weighted by molar-refractivity contribution is -0.102. The highest BCUT2D eigenvalue weighted by molar-refractivity contribution is 5.25. The molecule has 2 aliphatic rings. The molecule has 0 bridgehead atoms. The Bertz CT molecular complexity index is 443. The number of fused-ring (bicyclic) bond motifs is 1. The van der Waals surface area contributed by atoms with Crippen LogP contribution < -0.4 is 5.73 Å². The summed E-state index contributed by atoms with van der Waals surface area (Å²) in [5.74, 6) is 0. The second-order valence-corrected chi connectivity index (χ2v) is 6.35. The van der Waals surface area contributed by atoms with Crippen LogP contribution in [0.5, 0.6) is 0 Å². The smallest absolute Gasteiger partial charge is 0.0731 e. The molecule has 1 aliphatic carbocycles. The molecule has 0 aromatic heterocycles. The second kappa shape index (κ2) is 6.91. The van der Waals surface area contributed by atoms with Gasteiger partial charge in [-0.1, -0.05) is 44.0 Å². The molecule has 21 heavy (non-hydrogen) atoms. The monoisotopic (exact) mass is 288 g/mol. The fourth-order valence-electron chi connectivity index (χ4n) is 3.95. The van der Waals surface area contributed by atoms with Gasteiger partial charge in [0.2, 0.25) is 0 Å². The van der Waals surface area contributed by atoms with E-state index in [1.807, 2.05) is 0 Å². The highest BCUT2D eigenvalue weighted by atomic mass is 16.5. The van der Waals surface area contributed by atoms with Crippen molar-refractivity contribution in [2.24, 2.45) is 5.73 Å². The average Bonchev–Trinajstić information content (AvgIpc) is 2.56. The Morgan fingerprint density at radius 3 is 2.71 bits per heavy atom. The van der Waals surface area contributed by atoms with Crippen LogP contribution in [0.25, 0.3) is 0 Å². The maximum absolute atomic E-state index is 6.15. The van der Waals surface area contributed by atoms with Gasteiger partial charge in [0.1, 0.15) is 0 Å². The maximum atomic E-state index is 6.15. The van der Waals surface area contributed by atoms with E-state index in [2.05, 4.69) is 36.1 Å². The molecule has 1 aromatic rings. The summed E-state index contributed by atoms with van der Waals surface area (Å²) in [6.45, 7) is 4.75. The average molecular weight is 288 g/mol. The van der Waals surface area contributed by atoms with Crippen LogP contribution in [-0.2, 0) is 11.2 Å². The van der Waals surface area contributed by atoms with E-state index < -0.39 is 0 Å². The third kappa shape index (κ3) is 3.15. The molecule has 3 atom stereocenters. The van der Waals surface area contributed by atoms with E-state index in [4.69, 9.17) is 10.5 Å². The molecule has 3 heteroatoms. The Morgan fingerprint density at radius 1 is 1.24 bits per heavy atom. The molecular weight excluding hydrogens is 260 g/mol. The van der Waals surface area contributed by atoms with Crippen LogP contribution in [0, 0.1) is 0 Å². The minimum atomic E-state index is 0.338. The lowest BCUT2D eigenvalue weighted by Gasteiger charge is -2.47. The SMILES string of the molecule is CCc1ccc(C(CN)N2CCOC3CCCCC32)cc1. The zero-order chi connectivity index (χ0) is 14.7. The predicted molar refractivity (Wildman–Crippen MR) is 86.3 cm³/mol. The first-order valence-corrected chi connectivity index (χ1v) is 8.49. The fraction of sp³-hybridized carbons (Fsp3) is 0.667. The standard InChI is InChI=1S/C18H28N2O/c1-2-14-7-9-15(10-8-14)17(13-19)20-11-12-21-18-6-4-3-5-16(18)20/h7-10,16-18H,2-6,11-13,19H2,1H3. The van der Waals surface area contributed by atoms with E-state index in [0.717, 1.165) is 19.6 Å². The third-order valence-corrected chi connectivity index (χ3v) is 5.17. The number of hydrogen-bond acceptors (Lipinski definition) is 3. The van der Waals surface area contributed by atoms with Crippen molar-refractivity contribution in [3.8, 4) is 0 Å². The lowest BCUT2D eigenvalue weighted by Crippen LogP contribution is -2.54. The van der Waals surface area contributed by atoms with Crippen LogP contribution in [-0.4, -0.2) is 36.7 Å². The van der Waals surface area contributed by atoms with Gasteiger partial charge in [-0.25, -0.2) is 0 Å². The molecule has 1 aromatic carbocycles. The maximum Gasteiger partial charge on any atom is 0.0731 e. The first-order valence-electron chi connectivity index (χ1n) is 8.49. The van der Waals surface area contributed by atoms with Gasteiger partial charge in [0.05, 0.1) is 12.7 Å². The number of benzene rings is 1. The van der Waals surface area contributed by atoms with E-state index in [-0.39, 0.29) is 0 Å². The summed E-state index contributed by atoms with van der Waals surface area (Å²) in [6.07, 6.45) is 6.63. The summed E-state index contributed by atoms with van der Waals surface area (Å²) in [7, 11) is 0. The Morgan fingerprint density at radius 2 is 2.00 bits per heavy atom. The number of ether oxygens (including phenoxy) is 1. The Balaban J connectivity index is 1.80. The minimum Gasteiger partial charge on any atom is -0.375 e. The number of nitrogens with two attached hydrogens (primary N) is 1. The van der Waals surface area contributed by atoms with Gasteiger partial charge in [-0.3, -0.25) is 4.90 Å². The van der Waals surface area contributed by atoms with Crippen molar-refractivity contribution >= 4 is 0 Å². The van der Waals surface area contributed by atoms with Gasteiger partial charge >= 0.3 is 0 Å². The van der Waals surface area contributed by atoms with E-state index in [1.54, 1.807) is 0 Å². The van der Waals surface area contributed by atoms with Crippen molar-refractivity contribution in [3.05, 3.63) is 35.4 Å². The van der Waals surface area contributed by atoms with Gasteiger partial charge in [0.25, 0.3) is 0 Å². The van der Waals surface area contributed by atoms with Gasteiger partial charge in [0, 0.05) is 25.2 Å². The highest BCUT2D eigenvalue weighted by Crippen LogP contribution is 2.34. The van der Waals surface area contributed by atoms with Crippen LogP contribution in [0.2, 0.25) is 0 Å². The van der Waals surface area contributed by atoms with Gasteiger partial charge in [-0.05, 0) is 30.4 Å². The van der Waals surface area contributed by atoms with Gasteiger partial charge in [0.15, 0.2) is 0 Å². The molecular formula is C18H28N2O. The van der Waals surface area contributed by atoms with E-state index in [1.165, 1.54) is 36.8 Å². The third-order valence-electron chi connectivity index (χ3n) is 5.17. The molecule has 1 saturated carbocycles. The molecule has 3 rings (SSSR count). The molecule has 3 nitrogen and oxygen atoms in total. The molecule has 1 heterocycles. The van der Waals surface area contributed by atoms with Crippen molar-refractivity contribution in [1.29, 1.82) is 0 Å². The molecule has 0 amide bonds. The van der Waals surface area contributed by atoms with Crippen molar-refractivity contribution in [1.82, 2.24) is 4.90 Å². The van der Waals surface area contributed by atoms with E-state index in [9.17, 15) is 0 Å². The summed E-state index contributed by atoms with van der Waals surface area (Å²) < 4.78 is 6.00. The molecule has 2 N–H and O–H groups in total. The Hall–Kier alpha value is -0.900. The zero-order valence-electron chi connectivity index (χ0n) is 13.1. The normalized spacial score (nSPS) is 28.1. The van der Waals surface area contributed by atoms with Crippen LogP contribution >= 0.6 is 0 Å². The molecule has 0 spiro atoms. The molecule has 1 aliphatic heterocycles. The fourth-order valence-corrected chi connectivity index (χ4v) is 3.95. The van der Waals surface area contributed by atoms with Crippen LogP contribution in [0.4, 0.5) is 0 Å². The molecule has 3 unspecified atom stereocenters. The van der Waals surface area contributed by atoms with Crippen molar-refractivity contribution in [2.45, 2.75) is 57.2 Å². The number of nitrogens with zero attached hydrogens (tertiary/aromatic N) is 1. The Kier molecular flexibility index (Phi) is 4.94. The number of aryl methyl sites for hydroxylation is 1. The molecule has 116 valence electrons. The molecule has 2 fully saturated rings. The van der Waals surface area contributed by atoms with Crippen molar-refractivity contribution in [2.75, 3.05) is 19.7 Å². The summed E-state index contributed by atoms with van der Waals surface area (Å²) in [5.41, 5.74) is 8.90. The molecule has 0 radical (unpaired) electrons. The quantitative estimate of drug-likeness (QED) is 0.926. The zero-order valence-corrected chi connectivity index (χ0v) is 13.1. The minimum absolute atomic E-state index is 0.338. The van der Waals surface area contributed by atoms with Crippen molar-refractivity contribution in [3.63, 3.8) is 0 Å². The van der Waals surface area contributed by atoms with Crippen LogP contribution in [0.1, 0.15) is 49.8 Å². The molecule has 1 saturated heterocycles. The number of morpholine rings is 1. The number of hydrogen-bond donors (Lipinski definition) is 1. The topological polar surface area (TPSA) is 38.5 Å². The van der Waals surface area contributed by atoms with Gasteiger partial charge < -0.3 is 10.5 Å². The highest BCUT2D eigenvalue weighted by Gasteiger charge is 2.37. The first kappa shape index (κ1) is 15.0. The number of rotatable bonds is 4. The summed E-state index contributed by atoms with van der Waals surface area (Å²) in [4.78, 5) is 2.62. The van der Waals surface area contributed by atoms with Crippen LogP contribution in [0.3, 0.4) is 0 Å². The Labute approximate surface area is 128 Å². The van der Waals surface area contributed by atoms with Gasteiger partial charge in [-0.2, -0.15) is 0 Å². The van der Waals surface area contributed by atoms with E-state index in [0.29, 0.717) is 24.7 Å². The largest absolute Gasteiger partial charge is 0.375 e.